The summed E-state index contributed by atoms with van der Waals surface area (Å²) in [5.74, 6) is 2.52. The van der Waals surface area contributed by atoms with Crippen LogP contribution < -0.4 is 16.0 Å². The van der Waals surface area contributed by atoms with E-state index in [1.54, 1.807) is 23.5 Å². The number of amides is 2. The van der Waals surface area contributed by atoms with Crippen LogP contribution in [0.25, 0.3) is 32.8 Å². The molecule has 80 heavy (non-hydrogen) atoms. The number of likely N-dealkylation sites (tertiary alicyclic amines) is 3. The van der Waals surface area contributed by atoms with Gasteiger partial charge in [0.15, 0.2) is 17.4 Å². The van der Waals surface area contributed by atoms with Crippen molar-refractivity contribution in [2.24, 2.45) is 23.7 Å². The molecule has 19 heteroatoms. The number of aryl methyl sites for hydroxylation is 1. The lowest BCUT2D eigenvalue weighted by Gasteiger charge is -2.44. The number of para-hydroxylation sites is 1. The molecule has 2 amide bonds. The second-order valence-electron chi connectivity index (χ2n) is 24.0. The van der Waals surface area contributed by atoms with Gasteiger partial charge in [-0.1, -0.05) is 55.4 Å². The SMILES string of the molecule is Cc1ncsc1-c1ccc([C@H](C)NC(=O)[C@@H]2C[C@@H](O)CN2C(=O)[C@H](c2cc(N3CCC(OC4CCN(CC5CC(CN6CCC([C@H](C)n7cc(-c8cc(-c9ccccc9O)nnc8N)cn7)CC6)C5)CC4)CC3)no2)C(C)C)cc1. The molecule has 5 atom stereocenters. The Morgan fingerprint density at radius 2 is 1.51 bits per heavy atom. The lowest BCUT2D eigenvalue weighted by atomic mass is 9.74. The van der Waals surface area contributed by atoms with Gasteiger partial charge in [-0.25, -0.2) is 4.98 Å². The van der Waals surface area contributed by atoms with E-state index < -0.39 is 18.1 Å². The van der Waals surface area contributed by atoms with Gasteiger partial charge in [0.05, 0.1) is 58.4 Å². The molecule has 4 aromatic heterocycles. The van der Waals surface area contributed by atoms with Crippen LogP contribution in [-0.2, 0) is 14.3 Å². The maximum absolute atomic E-state index is 14.4. The summed E-state index contributed by atoms with van der Waals surface area (Å²) < 4.78 is 14.8. The first-order valence-electron chi connectivity index (χ1n) is 29.3. The monoisotopic (exact) mass is 1110 g/mol. The van der Waals surface area contributed by atoms with Crippen LogP contribution >= 0.6 is 11.3 Å². The number of hydrogen-bond donors (Lipinski definition) is 4. The number of thiazole rings is 1. The van der Waals surface area contributed by atoms with Gasteiger partial charge in [0, 0.05) is 81.2 Å². The van der Waals surface area contributed by atoms with E-state index in [9.17, 15) is 19.8 Å². The Morgan fingerprint density at radius 3 is 2.17 bits per heavy atom. The number of β-amino-alcohol motifs (C(OH)–C–C–N with tert-alkyl or cyclic N) is 1. The average Bonchev–Trinajstić information content (AvgIpc) is 4.30. The number of aromatic nitrogens is 6. The van der Waals surface area contributed by atoms with Crippen molar-refractivity contribution >= 4 is 34.8 Å². The minimum Gasteiger partial charge on any atom is -0.507 e. The smallest absolute Gasteiger partial charge is 0.243 e. The number of anilines is 2. The highest BCUT2D eigenvalue weighted by atomic mass is 32.1. The number of rotatable bonds is 18. The topological polar surface area (TPSA) is 217 Å². The number of piperidine rings is 3. The number of aromatic hydroxyl groups is 1. The number of nitrogens with zero attached hydrogens (tertiary/aromatic N) is 10. The fourth-order valence-electron chi connectivity index (χ4n) is 13.3. The zero-order valence-corrected chi connectivity index (χ0v) is 47.9. The van der Waals surface area contributed by atoms with E-state index in [0.717, 1.165) is 128 Å². The molecule has 18 nitrogen and oxygen atoms in total. The van der Waals surface area contributed by atoms with Gasteiger partial charge in [-0.15, -0.1) is 21.5 Å². The minimum absolute atomic E-state index is 0.0859. The number of carbonyl (C=O) groups excluding carboxylic acids is 2. The molecule has 5 N–H and O–H groups in total. The quantitative estimate of drug-likeness (QED) is 0.0633. The summed E-state index contributed by atoms with van der Waals surface area (Å²) in [5.41, 5.74) is 14.0. The molecule has 8 heterocycles. The average molecular weight is 1110 g/mol. The van der Waals surface area contributed by atoms with E-state index in [0.29, 0.717) is 34.9 Å². The Kier molecular flexibility index (Phi) is 17.0. The Hall–Kier alpha value is -6.25. The van der Waals surface area contributed by atoms with Gasteiger partial charge >= 0.3 is 0 Å². The number of aliphatic hydroxyl groups is 1. The summed E-state index contributed by atoms with van der Waals surface area (Å²) in [7, 11) is 0. The highest BCUT2D eigenvalue weighted by molar-refractivity contribution is 7.13. The van der Waals surface area contributed by atoms with Crippen LogP contribution in [-0.4, -0.2) is 150 Å². The number of benzene rings is 2. The number of hydrogen-bond acceptors (Lipinski definition) is 16. The molecule has 0 radical (unpaired) electrons. The van der Waals surface area contributed by atoms with E-state index in [1.165, 1.54) is 30.8 Å². The molecule has 0 unspecified atom stereocenters. The van der Waals surface area contributed by atoms with Crippen molar-refractivity contribution in [2.45, 2.75) is 135 Å². The van der Waals surface area contributed by atoms with E-state index in [-0.39, 0.29) is 54.6 Å². The number of aliphatic hydroxyl groups excluding tert-OH is 1. The number of nitrogens with two attached hydrogens (primary N) is 1. The molecule has 5 fully saturated rings. The van der Waals surface area contributed by atoms with Crippen LogP contribution in [0.1, 0.15) is 121 Å². The number of nitrogens with one attached hydrogen (secondary N) is 1. The van der Waals surface area contributed by atoms with Crippen LogP contribution in [0.15, 0.2) is 83.1 Å². The molecule has 1 aliphatic carbocycles. The molecule has 1 saturated carbocycles. The third kappa shape index (κ3) is 12.5. The normalized spacial score (nSPS) is 23.1. The maximum atomic E-state index is 14.4. The third-order valence-corrected chi connectivity index (χ3v) is 19.1. The van der Waals surface area contributed by atoms with Gasteiger partial charge in [-0.2, -0.15) is 5.10 Å². The summed E-state index contributed by atoms with van der Waals surface area (Å²) in [4.78, 5) is 42.8. The van der Waals surface area contributed by atoms with E-state index in [4.69, 9.17) is 20.1 Å². The zero-order chi connectivity index (χ0) is 55.6. The zero-order valence-electron chi connectivity index (χ0n) is 47.1. The van der Waals surface area contributed by atoms with Crippen LogP contribution in [0, 0.1) is 30.6 Å². The van der Waals surface area contributed by atoms with Gasteiger partial charge in [0.25, 0.3) is 0 Å². The van der Waals surface area contributed by atoms with Crippen LogP contribution in [0.4, 0.5) is 11.6 Å². The summed E-state index contributed by atoms with van der Waals surface area (Å²) in [6.45, 7) is 18.7. The number of carbonyl (C=O) groups is 2. The molecule has 426 valence electrons. The van der Waals surface area contributed by atoms with Crippen molar-refractivity contribution in [1.82, 2.24) is 50.1 Å². The summed E-state index contributed by atoms with van der Waals surface area (Å²) in [5, 5.41) is 42.0. The highest BCUT2D eigenvalue weighted by Crippen LogP contribution is 2.39. The van der Waals surface area contributed by atoms with Gasteiger partial charge in [-0.3, -0.25) is 14.3 Å². The van der Waals surface area contributed by atoms with E-state index in [2.05, 4.69) is 58.2 Å². The van der Waals surface area contributed by atoms with E-state index in [1.807, 2.05) is 87.9 Å². The van der Waals surface area contributed by atoms with Crippen molar-refractivity contribution in [2.75, 3.05) is 69.5 Å². The van der Waals surface area contributed by atoms with Crippen molar-refractivity contribution in [1.29, 1.82) is 0 Å². The Balaban J connectivity index is 0.576. The summed E-state index contributed by atoms with van der Waals surface area (Å²) >= 11 is 1.60. The first-order valence-corrected chi connectivity index (χ1v) is 30.2. The van der Waals surface area contributed by atoms with Gasteiger partial charge < -0.3 is 50.1 Å². The van der Waals surface area contributed by atoms with Gasteiger partial charge in [0.1, 0.15) is 17.7 Å². The number of phenols is 1. The van der Waals surface area contributed by atoms with Crippen LogP contribution in [0.2, 0.25) is 0 Å². The molecule has 11 rings (SSSR count). The number of nitrogen functional groups attached to an aromatic ring is 1. The van der Waals surface area contributed by atoms with Gasteiger partial charge in [0.2, 0.25) is 11.8 Å². The molecule has 6 aromatic rings. The summed E-state index contributed by atoms with van der Waals surface area (Å²) in [6.07, 6.45) is 12.7. The van der Waals surface area contributed by atoms with E-state index >= 15 is 0 Å². The largest absolute Gasteiger partial charge is 0.507 e. The molecule has 4 saturated heterocycles. The molecular formula is C61H80N12O6S. The molecule has 2 aromatic carbocycles. The molecule has 5 aliphatic rings. The fourth-order valence-corrected chi connectivity index (χ4v) is 14.1. The molecule has 4 aliphatic heterocycles. The molecule has 0 spiro atoms. The fraction of sp³-hybridized carbons (Fsp3) is 0.557. The highest BCUT2D eigenvalue weighted by Gasteiger charge is 2.44. The predicted molar refractivity (Wildman–Crippen MR) is 310 cm³/mol. The molecular weight excluding hydrogens is 1030 g/mol. The second-order valence-corrected chi connectivity index (χ2v) is 24.8. The van der Waals surface area contributed by atoms with Crippen molar-refractivity contribution in [3.8, 4) is 38.6 Å². The standard InChI is InChI=1S/C61H80N12O6S/c1-37(2)57(61(77)72-35-47(74)28-53(72)60(76)65-38(3)43-10-12-45(13-11-43)58-39(4)63-36-80-58)55-30-56(68-79-55)71-24-18-49(19-25-71)78-48-16-22-70(23-17-48)33-42-26-41(27-42)32-69-20-14-44(15-21-69)40(5)73-34-46(31-64-73)51-29-52(66-67-59(51)62)50-8-6-7-9-54(50)75/h6-13,29-31,34,36-38,40-42,44,47-49,53,57,74-75H,14-28,32-33,35H2,1-5H3,(H2,62,67)(H,65,76)/t38-,40-,41?,42?,47+,53-,57-/m0/s1. The Labute approximate surface area is 474 Å². The van der Waals surface area contributed by atoms with Crippen molar-refractivity contribution in [3.63, 3.8) is 0 Å². The van der Waals surface area contributed by atoms with Crippen molar-refractivity contribution < 1.29 is 29.1 Å². The minimum atomic E-state index is -0.800. The number of phenolic OH excluding ortho intramolecular Hbond substituents is 1. The van der Waals surface area contributed by atoms with Crippen molar-refractivity contribution in [3.05, 3.63) is 95.6 Å². The Bertz CT molecular complexity index is 3040. The lowest BCUT2D eigenvalue weighted by molar-refractivity contribution is -0.141. The lowest BCUT2D eigenvalue weighted by Crippen LogP contribution is -2.48. The number of ether oxygens (including phenoxy) is 1. The van der Waals surface area contributed by atoms with Crippen LogP contribution in [0.3, 0.4) is 0 Å². The predicted octanol–water partition coefficient (Wildman–Crippen LogP) is 8.74. The summed E-state index contributed by atoms with van der Waals surface area (Å²) in [6, 6.07) is 18.2. The maximum Gasteiger partial charge on any atom is 0.243 e. The first-order chi connectivity index (χ1) is 38.7. The Morgan fingerprint density at radius 1 is 0.838 bits per heavy atom. The third-order valence-electron chi connectivity index (χ3n) is 18.1. The van der Waals surface area contributed by atoms with Crippen LogP contribution in [0.5, 0.6) is 5.75 Å². The van der Waals surface area contributed by atoms with Gasteiger partial charge in [-0.05, 0) is 138 Å². The molecule has 0 bridgehead atoms. The first kappa shape index (κ1) is 55.6. The second kappa shape index (κ2) is 24.5.